The fourth-order valence-corrected chi connectivity index (χ4v) is 7.41. The summed E-state index contributed by atoms with van der Waals surface area (Å²) in [5.74, 6) is 0. The van der Waals surface area contributed by atoms with Crippen molar-refractivity contribution in [3.63, 3.8) is 0 Å². The van der Waals surface area contributed by atoms with Crippen molar-refractivity contribution in [2.75, 3.05) is 0 Å². The van der Waals surface area contributed by atoms with Crippen LogP contribution in [0.1, 0.15) is 52.7 Å². The van der Waals surface area contributed by atoms with Crippen LogP contribution in [0.5, 0.6) is 0 Å². The van der Waals surface area contributed by atoms with Crippen LogP contribution in [0, 0.1) is 3.57 Å². The van der Waals surface area contributed by atoms with E-state index in [1.165, 1.54) is 53.3 Å². The van der Waals surface area contributed by atoms with Gasteiger partial charge in [0, 0.05) is 34.4 Å². The molecule has 0 saturated carbocycles. The normalized spacial score (nSPS) is 12.4. The van der Waals surface area contributed by atoms with Crippen LogP contribution in [0.25, 0.3) is 55.2 Å². The highest BCUT2D eigenvalue weighted by Gasteiger charge is 2.18. The van der Waals surface area contributed by atoms with E-state index in [0.29, 0.717) is 0 Å². The van der Waals surface area contributed by atoms with Crippen LogP contribution in [0.15, 0.2) is 99.9 Å². The van der Waals surface area contributed by atoms with E-state index in [2.05, 4.69) is 192 Å². The quantitative estimate of drug-likeness (QED) is 0.136. The molecule has 0 saturated heterocycles. The van der Waals surface area contributed by atoms with Gasteiger partial charge in [0.2, 0.25) is 0 Å². The first-order chi connectivity index (χ1) is 19.8. The zero-order valence-corrected chi connectivity index (χ0v) is 30.1. The molecule has 0 unspecified atom stereocenters. The number of halogens is 3. The van der Waals surface area contributed by atoms with Crippen molar-refractivity contribution in [3.05, 3.63) is 115 Å². The summed E-state index contributed by atoms with van der Waals surface area (Å²) in [6, 6.07) is 34.0. The van der Waals surface area contributed by atoms with E-state index in [1.54, 1.807) is 0 Å². The number of hydrogen-bond acceptors (Lipinski definition) is 0. The lowest BCUT2D eigenvalue weighted by Gasteiger charge is -2.19. The van der Waals surface area contributed by atoms with Crippen LogP contribution in [-0.4, -0.2) is 4.98 Å². The van der Waals surface area contributed by atoms with Crippen molar-refractivity contribution in [1.29, 1.82) is 0 Å². The smallest absolute Gasteiger partial charge is 0.0545 e. The topological polar surface area (TPSA) is 15.8 Å². The number of aromatic amines is 1. The molecule has 0 aliphatic carbocycles. The Morgan fingerprint density at radius 3 is 1.62 bits per heavy atom. The third-order valence-corrected chi connectivity index (χ3v) is 11.1. The Morgan fingerprint density at radius 1 is 0.524 bits per heavy atom. The average Bonchev–Trinajstić information content (AvgIpc) is 3.32. The van der Waals surface area contributed by atoms with Crippen molar-refractivity contribution in [2.45, 2.75) is 52.4 Å². The van der Waals surface area contributed by atoms with E-state index in [-0.39, 0.29) is 10.8 Å². The van der Waals surface area contributed by atoms with Gasteiger partial charge in [0.25, 0.3) is 0 Å². The molecule has 1 N–H and O–H groups in total. The standard InChI is InChI=1S/C38H34Br2IN/c1-37(2,3)26-12-7-22(8-13-26)24-11-16-35-29(17-24)31-19-25(23-9-14-27(15-10-23)38(4,5)6)18-30(36(31)42-35)28-20-33(40)34(41)21-32(28)39/h7-21,42H,1-6H3. The molecule has 1 heterocycles. The molecule has 1 aromatic heterocycles. The fourth-order valence-electron chi connectivity index (χ4n) is 5.61. The molecule has 0 fully saturated rings. The molecule has 6 rings (SSSR count). The largest absolute Gasteiger partial charge is 0.354 e. The molecule has 0 bridgehead atoms. The van der Waals surface area contributed by atoms with Crippen LogP contribution in [0.4, 0.5) is 0 Å². The number of nitrogens with one attached hydrogen (secondary N) is 1. The second-order valence-corrected chi connectivity index (χ2v) is 16.1. The summed E-state index contributed by atoms with van der Waals surface area (Å²) in [4.78, 5) is 3.78. The van der Waals surface area contributed by atoms with Gasteiger partial charge in [0.05, 0.1) is 5.52 Å². The van der Waals surface area contributed by atoms with Crippen molar-refractivity contribution in [1.82, 2.24) is 4.98 Å². The first-order valence-corrected chi connectivity index (χ1v) is 16.9. The predicted molar refractivity (Wildman–Crippen MR) is 198 cm³/mol. The number of rotatable bonds is 3. The Balaban J connectivity index is 1.58. The molecule has 0 aliphatic heterocycles. The summed E-state index contributed by atoms with van der Waals surface area (Å²) in [5, 5.41) is 2.46. The maximum atomic E-state index is 3.88. The van der Waals surface area contributed by atoms with E-state index in [4.69, 9.17) is 0 Å². The van der Waals surface area contributed by atoms with E-state index >= 15 is 0 Å². The summed E-state index contributed by atoms with van der Waals surface area (Å²) >= 11 is 10.0. The Bertz CT molecular complexity index is 1950. The third kappa shape index (κ3) is 5.62. The lowest BCUT2D eigenvalue weighted by molar-refractivity contribution is 0.590. The van der Waals surface area contributed by atoms with Crippen LogP contribution in [-0.2, 0) is 10.8 Å². The summed E-state index contributed by atoms with van der Waals surface area (Å²) in [6.45, 7) is 13.6. The minimum absolute atomic E-state index is 0.115. The van der Waals surface area contributed by atoms with Gasteiger partial charge >= 0.3 is 0 Å². The number of aromatic nitrogens is 1. The fraction of sp³-hybridized carbons (Fsp3) is 0.211. The first kappa shape index (κ1) is 29.7. The van der Waals surface area contributed by atoms with E-state index in [0.717, 1.165) is 25.5 Å². The van der Waals surface area contributed by atoms with Crippen LogP contribution in [0.3, 0.4) is 0 Å². The van der Waals surface area contributed by atoms with E-state index < -0.39 is 0 Å². The third-order valence-electron chi connectivity index (χ3n) is 8.18. The molecule has 0 amide bonds. The second-order valence-electron chi connectivity index (χ2n) is 13.2. The maximum Gasteiger partial charge on any atom is 0.0545 e. The summed E-state index contributed by atoms with van der Waals surface area (Å²) in [7, 11) is 0. The second kappa shape index (κ2) is 10.9. The van der Waals surface area contributed by atoms with Gasteiger partial charge < -0.3 is 4.98 Å². The molecule has 42 heavy (non-hydrogen) atoms. The Labute approximate surface area is 279 Å². The Morgan fingerprint density at radius 2 is 1.05 bits per heavy atom. The molecule has 1 nitrogen and oxygen atoms in total. The Kier molecular flexibility index (Phi) is 7.73. The Hall–Kier alpha value is -2.41. The highest BCUT2D eigenvalue weighted by atomic mass is 127. The number of hydrogen-bond donors (Lipinski definition) is 1. The highest BCUT2D eigenvalue weighted by molar-refractivity contribution is 14.1. The number of H-pyrrole nitrogens is 1. The van der Waals surface area contributed by atoms with Crippen molar-refractivity contribution < 1.29 is 0 Å². The molecule has 0 radical (unpaired) electrons. The molecule has 4 heteroatoms. The lowest BCUT2D eigenvalue weighted by atomic mass is 9.86. The maximum absolute atomic E-state index is 3.88. The molecule has 0 spiro atoms. The van der Waals surface area contributed by atoms with Gasteiger partial charge in [-0.2, -0.15) is 0 Å². The van der Waals surface area contributed by atoms with Crippen LogP contribution < -0.4 is 0 Å². The van der Waals surface area contributed by atoms with Gasteiger partial charge in [-0.05, 0) is 125 Å². The minimum atomic E-state index is 0.115. The SMILES string of the molecule is CC(C)(C)c1ccc(-c2ccc3[nH]c4c(-c5cc(Br)c(I)cc5Br)cc(-c5ccc(C(C)(C)C)cc5)cc4c3c2)cc1. The van der Waals surface area contributed by atoms with Crippen LogP contribution in [0.2, 0.25) is 0 Å². The molecule has 5 aromatic carbocycles. The summed E-state index contributed by atoms with van der Waals surface area (Å²) < 4.78 is 3.34. The van der Waals surface area contributed by atoms with E-state index in [1.807, 2.05) is 0 Å². The van der Waals surface area contributed by atoms with Gasteiger partial charge in [-0.1, -0.05) is 112 Å². The first-order valence-electron chi connectivity index (χ1n) is 14.3. The van der Waals surface area contributed by atoms with Crippen molar-refractivity contribution >= 4 is 76.3 Å². The monoisotopic (exact) mass is 789 g/mol. The van der Waals surface area contributed by atoms with Crippen LogP contribution >= 0.6 is 54.5 Å². The zero-order chi connectivity index (χ0) is 30.0. The molecule has 0 atom stereocenters. The average molecular weight is 791 g/mol. The molecule has 212 valence electrons. The van der Waals surface area contributed by atoms with E-state index in [9.17, 15) is 0 Å². The van der Waals surface area contributed by atoms with Crippen molar-refractivity contribution in [3.8, 4) is 33.4 Å². The summed E-state index contributed by atoms with van der Waals surface area (Å²) in [5.41, 5.74) is 12.4. The highest BCUT2D eigenvalue weighted by Crippen LogP contribution is 2.43. The lowest BCUT2D eigenvalue weighted by Crippen LogP contribution is -2.10. The summed E-state index contributed by atoms with van der Waals surface area (Å²) in [6.07, 6.45) is 0. The number of fused-ring (bicyclic) bond motifs is 3. The van der Waals surface area contributed by atoms with Gasteiger partial charge in [-0.15, -0.1) is 0 Å². The predicted octanol–water partition coefficient (Wildman–Crippen LogP) is 13.0. The van der Waals surface area contributed by atoms with Gasteiger partial charge in [-0.25, -0.2) is 0 Å². The number of benzene rings is 5. The van der Waals surface area contributed by atoms with Gasteiger partial charge in [-0.3, -0.25) is 0 Å². The van der Waals surface area contributed by atoms with Crippen molar-refractivity contribution in [2.24, 2.45) is 0 Å². The van der Waals surface area contributed by atoms with Gasteiger partial charge in [0.1, 0.15) is 0 Å². The zero-order valence-electron chi connectivity index (χ0n) is 24.8. The molecule has 6 aromatic rings. The molecular weight excluding hydrogens is 757 g/mol. The molecule has 0 aliphatic rings. The van der Waals surface area contributed by atoms with Gasteiger partial charge in [0.15, 0.2) is 0 Å². The molecular formula is C38H34Br2IN. The minimum Gasteiger partial charge on any atom is -0.354 e.